The number of benzene rings is 1. The quantitative estimate of drug-likeness (QED) is 0.659. The number of aromatic nitrogens is 4. The number of aromatic amines is 1. The Bertz CT molecular complexity index is 903. The van der Waals surface area contributed by atoms with E-state index < -0.39 is 0 Å². The molecule has 1 unspecified atom stereocenters. The van der Waals surface area contributed by atoms with Gasteiger partial charge in [-0.05, 0) is 31.0 Å². The van der Waals surface area contributed by atoms with E-state index in [1.807, 2.05) is 11.8 Å². The van der Waals surface area contributed by atoms with Crippen molar-refractivity contribution >= 4 is 28.7 Å². The van der Waals surface area contributed by atoms with Gasteiger partial charge in [0.1, 0.15) is 17.4 Å². The number of fused-ring (bicyclic) bond motifs is 1. The van der Waals surface area contributed by atoms with Crippen molar-refractivity contribution in [3.05, 3.63) is 28.9 Å². The van der Waals surface area contributed by atoms with Crippen molar-refractivity contribution in [2.45, 2.75) is 19.4 Å². The molecule has 4 rings (SSSR count). The number of aliphatic hydroxyl groups is 1. The SMILES string of the molecule is Cc1cc(Cl)cc(O)c1-c1nc2ncc(N3CCC(O)C3)nc2[nH]1. The van der Waals surface area contributed by atoms with Crippen molar-refractivity contribution in [1.82, 2.24) is 19.9 Å². The minimum Gasteiger partial charge on any atom is -0.507 e. The second-order valence-electron chi connectivity index (χ2n) is 5.99. The Balaban J connectivity index is 1.76. The molecule has 24 heavy (non-hydrogen) atoms. The number of imidazole rings is 1. The summed E-state index contributed by atoms with van der Waals surface area (Å²) in [6.07, 6.45) is 2.05. The largest absolute Gasteiger partial charge is 0.507 e. The zero-order valence-electron chi connectivity index (χ0n) is 13.0. The summed E-state index contributed by atoms with van der Waals surface area (Å²) in [5.74, 6) is 1.25. The van der Waals surface area contributed by atoms with Gasteiger partial charge in [-0.25, -0.2) is 15.0 Å². The van der Waals surface area contributed by atoms with E-state index in [0.717, 1.165) is 18.5 Å². The van der Waals surface area contributed by atoms with E-state index in [-0.39, 0.29) is 11.9 Å². The van der Waals surface area contributed by atoms with Crippen molar-refractivity contribution in [1.29, 1.82) is 0 Å². The smallest absolute Gasteiger partial charge is 0.197 e. The Morgan fingerprint density at radius 3 is 2.88 bits per heavy atom. The lowest BCUT2D eigenvalue weighted by Gasteiger charge is -2.15. The van der Waals surface area contributed by atoms with Gasteiger partial charge in [-0.3, -0.25) is 0 Å². The van der Waals surface area contributed by atoms with E-state index >= 15 is 0 Å². The molecular formula is C16H16ClN5O2. The van der Waals surface area contributed by atoms with Crippen LogP contribution in [0.1, 0.15) is 12.0 Å². The van der Waals surface area contributed by atoms with Gasteiger partial charge in [-0.1, -0.05) is 11.6 Å². The molecule has 7 nitrogen and oxygen atoms in total. The number of anilines is 1. The van der Waals surface area contributed by atoms with Gasteiger partial charge < -0.3 is 20.1 Å². The van der Waals surface area contributed by atoms with E-state index in [0.29, 0.717) is 40.1 Å². The zero-order valence-corrected chi connectivity index (χ0v) is 13.7. The van der Waals surface area contributed by atoms with Crippen molar-refractivity contribution in [3.63, 3.8) is 0 Å². The molecule has 0 radical (unpaired) electrons. The first-order valence-corrected chi connectivity index (χ1v) is 8.04. The summed E-state index contributed by atoms with van der Waals surface area (Å²) in [5, 5.41) is 20.3. The molecule has 124 valence electrons. The van der Waals surface area contributed by atoms with Gasteiger partial charge in [0.05, 0.1) is 17.9 Å². The van der Waals surface area contributed by atoms with E-state index in [1.54, 1.807) is 12.3 Å². The predicted octanol–water partition coefficient (Wildman–Crippen LogP) is 2.26. The molecule has 0 aliphatic carbocycles. The van der Waals surface area contributed by atoms with Crippen LogP contribution in [0.4, 0.5) is 5.82 Å². The first kappa shape index (κ1) is 15.2. The van der Waals surface area contributed by atoms with Gasteiger partial charge >= 0.3 is 0 Å². The number of halogens is 1. The number of rotatable bonds is 2. The average molecular weight is 346 g/mol. The molecule has 0 spiro atoms. The standard InChI is InChI=1S/C16H16ClN5O2/c1-8-4-9(17)5-11(24)13(8)14-20-15-16(21-14)19-12(6-18-15)22-3-2-10(23)7-22/h4-6,10,23-24H,2-3,7H2,1H3,(H,18,19,20,21). The number of hydrogen-bond donors (Lipinski definition) is 3. The number of nitrogens with zero attached hydrogens (tertiary/aromatic N) is 4. The normalized spacial score (nSPS) is 17.8. The van der Waals surface area contributed by atoms with Crippen molar-refractivity contribution < 1.29 is 10.2 Å². The van der Waals surface area contributed by atoms with Gasteiger partial charge in [0.15, 0.2) is 11.3 Å². The molecule has 3 N–H and O–H groups in total. The van der Waals surface area contributed by atoms with Crippen LogP contribution in [0.5, 0.6) is 5.75 Å². The van der Waals surface area contributed by atoms with Crippen molar-refractivity contribution in [3.8, 4) is 17.1 Å². The third-order valence-electron chi connectivity index (χ3n) is 4.20. The van der Waals surface area contributed by atoms with E-state index in [1.165, 1.54) is 6.07 Å². The minimum atomic E-state index is -0.325. The summed E-state index contributed by atoms with van der Waals surface area (Å²) >= 11 is 5.95. The number of aromatic hydroxyl groups is 1. The third-order valence-corrected chi connectivity index (χ3v) is 4.42. The van der Waals surface area contributed by atoms with Crippen molar-refractivity contribution in [2.24, 2.45) is 0 Å². The molecule has 1 atom stereocenters. The fourth-order valence-electron chi connectivity index (χ4n) is 3.04. The molecule has 1 saturated heterocycles. The molecule has 1 fully saturated rings. The second kappa shape index (κ2) is 5.61. The number of aliphatic hydroxyl groups excluding tert-OH is 1. The lowest BCUT2D eigenvalue weighted by Crippen LogP contribution is -2.22. The van der Waals surface area contributed by atoms with Crippen LogP contribution < -0.4 is 4.90 Å². The third kappa shape index (κ3) is 2.55. The Labute approximate surface area is 143 Å². The number of nitrogens with one attached hydrogen (secondary N) is 1. The predicted molar refractivity (Wildman–Crippen MR) is 91.4 cm³/mol. The Hall–Kier alpha value is -2.38. The van der Waals surface area contributed by atoms with Crippen LogP contribution in [0.2, 0.25) is 5.02 Å². The molecule has 1 aromatic carbocycles. The van der Waals surface area contributed by atoms with Crippen LogP contribution in [0, 0.1) is 6.92 Å². The minimum absolute atomic E-state index is 0.0574. The maximum absolute atomic E-state index is 10.2. The van der Waals surface area contributed by atoms with Crippen LogP contribution in [-0.4, -0.2) is 49.3 Å². The average Bonchev–Trinajstić information content (AvgIpc) is 3.11. The molecule has 1 aliphatic heterocycles. The highest BCUT2D eigenvalue weighted by molar-refractivity contribution is 6.31. The monoisotopic (exact) mass is 345 g/mol. The van der Waals surface area contributed by atoms with Gasteiger partial charge in [-0.15, -0.1) is 0 Å². The first-order valence-electron chi connectivity index (χ1n) is 7.66. The highest BCUT2D eigenvalue weighted by Crippen LogP contribution is 2.34. The number of aryl methyl sites for hydroxylation is 1. The molecule has 3 aromatic rings. The van der Waals surface area contributed by atoms with E-state index in [9.17, 15) is 10.2 Å². The molecule has 2 aromatic heterocycles. The molecule has 0 saturated carbocycles. The van der Waals surface area contributed by atoms with E-state index in [2.05, 4.69) is 19.9 Å². The summed E-state index contributed by atoms with van der Waals surface area (Å²) in [6, 6.07) is 3.25. The topological polar surface area (TPSA) is 98.2 Å². The molecule has 1 aliphatic rings. The van der Waals surface area contributed by atoms with Crippen LogP contribution >= 0.6 is 11.6 Å². The molecule has 0 amide bonds. The van der Waals surface area contributed by atoms with Gasteiger partial charge in [0.25, 0.3) is 0 Å². The Kier molecular flexibility index (Phi) is 3.54. The second-order valence-corrected chi connectivity index (χ2v) is 6.43. The van der Waals surface area contributed by atoms with E-state index in [4.69, 9.17) is 11.6 Å². The number of β-amino-alcohol motifs (C(OH)–C–C–N with tert-alkyl or cyclic N) is 1. The van der Waals surface area contributed by atoms with Crippen LogP contribution in [0.25, 0.3) is 22.7 Å². The number of phenolic OH excluding ortho intramolecular Hbond substituents is 1. The van der Waals surface area contributed by atoms with Gasteiger partial charge in [-0.2, -0.15) is 0 Å². The number of phenols is 1. The highest BCUT2D eigenvalue weighted by atomic mass is 35.5. The highest BCUT2D eigenvalue weighted by Gasteiger charge is 2.22. The summed E-state index contributed by atoms with van der Waals surface area (Å²) in [4.78, 5) is 18.4. The Morgan fingerprint density at radius 1 is 1.33 bits per heavy atom. The van der Waals surface area contributed by atoms with Gasteiger partial charge in [0.2, 0.25) is 0 Å². The molecule has 3 heterocycles. The lowest BCUT2D eigenvalue weighted by molar-refractivity contribution is 0.198. The first-order chi connectivity index (χ1) is 11.5. The van der Waals surface area contributed by atoms with Crippen molar-refractivity contribution in [2.75, 3.05) is 18.0 Å². The fourth-order valence-corrected chi connectivity index (χ4v) is 3.31. The molecule has 8 heteroatoms. The zero-order chi connectivity index (χ0) is 16.8. The lowest BCUT2D eigenvalue weighted by atomic mass is 10.1. The maximum atomic E-state index is 10.2. The molecular weight excluding hydrogens is 330 g/mol. The summed E-state index contributed by atoms with van der Waals surface area (Å²) in [6.45, 7) is 3.16. The van der Waals surface area contributed by atoms with Crippen LogP contribution in [0.3, 0.4) is 0 Å². The Morgan fingerprint density at radius 2 is 2.17 bits per heavy atom. The van der Waals surface area contributed by atoms with Gasteiger partial charge in [0, 0.05) is 18.1 Å². The fraction of sp³-hybridized carbons (Fsp3) is 0.312. The number of hydrogen-bond acceptors (Lipinski definition) is 6. The van der Waals surface area contributed by atoms with Crippen LogP contribution in [-0.2, 0) is 0 Å². The molecule has 0 bridgehead atoms. The summed E-state index contributed by atoms with van der Waals surface area (Å²) < 4.78 is 0. The maximum Gasteiger partial charge on any atom is 0.197 e. The summed E-state index contributed by atoms with van der Waals surface area (Å²) in [7, 11) is 0. The number of H-pyrrole nitrogens is 1. The van der Waals surface area contributed by atoms with Crippen LogP contribution in [0.15, 0.2) is 18.3 Å². The summed E-state index contributed by atoms with van der Waals surface area (Å²) in [5.41, 5.74) is 2.40.